The van der Waals surface area contributed by atoms with Crippen LogP contribution in [-0.2, 0) is 14.9 Å². The van der Waals surface area contributed by atoms with Crippen molar-refractivity contribution in [3.63, 3.8) is 0 Å². The molecule has 0 amide bonds. The molecule has 0 aliphatic carbocycles. The molecule has 1 fully saturated rings. The van der Waals surface area contributed by atoms with Crippen LogP contribution in [0.3, 0.4) is 0 Å². The van der Waals surface area contributed by atoms with Crippen molar-refractivity contribution in [2.45, 2.75) is 6.04 Å². The minimum atomic E-state index is -3.44. The molecule has 1 heterocycles. The molecule has 2 rings (SSSR count). The van der Waals surface area contributed by atoms with E-state index in [1.54, 1.807) is 0 Å². The van der Waals surface area contributed by atoms with Crippen LogP contribution in [0.2, 0.25) is 0 Å². The van der Waals surface area contributed by atoms with Crippen LogP contribution in [0.4, 0.5) is 0 Å². The molecule has 0 radical (unpaired) electrons. The van der Waals surface area contributed by atoms with Gasteiger partial charge in [-0.3, -0.25) is 0 Å². The molecule has 1 aromatic carbocycles. The largest absolute Gasteiger partial charge is 0.379 e. The smallest absolute Gasteiger partial charge is 0.279 e. The first-order valence-corrected chi connectivity index (χ1v) is 8.48. The molecular weight excluding hydrogens is 290 g/mol. The van der Waals surface area contributed by atoms with E-state index in [0.29, 0.717) is 32.8 Å². The first kappa shape index (κ1) is 16.4. The zero-order chi connectivity index (χ0) is 15.3. The van der Waals surface area contributed by atoms with Crippen LogP contribution >= 0.6 is 0 Å². The number of ether oxygens (including phenoxy) is 1. The lowest BCUT2D eigenvalue weighted by atomic mass is 10.1. The minimum Gasteiger partial charge on any atom is -0.379 e. The third kappa shape index (κ3) is 4.49. The number of nitrogens with one attached hydrogen (secondary N) is 1. The van der Waals surface area contributed by atoms with E-state index in [9.17, 15) is 8.42 Å². The van der Waals surface area contributed by atoms with Crippen molar-refractivity contribution in [1.29, 1.82) is 0 Å². The number of likely N-dealkylation sites (N-methyl/N-ethyl adjacent to an activating group) is 1. The molecule has 0 aromatic heterocycles. The Morgan fingerprint density at radius 3 is 2.43 bits per heavy atom. The highest BCUT2D eigenvalue weighted by Gasteiger charge is 2.25. The SMILES string of the molecule is CN(C)C(CNS(=O)(=O)N1CCOCC1)c1ccccc1. The van der Waals surface area contributed by atoms with Gasteiger partial charge in [0.2, 0.25) is 0 Å². The van der Waals surface area contributed by atoms with Gasteiger partial charge in [0.15, 0.2) is 0 Å². The van der Waals surface area contributed by atoms with E-state index in [1.165, 1.54) is 4.31 Å². The average Bonchev–Trinajstić information content (AvgIpc) is 2.49. The van der Waals surface area contributed by atoms with E-state index < -0.39 is 10.2 Å². The van der Waals surface area contributed by atoms with E-state index in [1.807, 2.05) is 49.3 Å². The van der Waals surface area contributed by atoms with Gasteiger partial charge in [-0.2, -0.15) is 12.7 Å². The fraction of sp³-hybridized carbons (Fsp3) is 0.571. The van der Waals surface area contributed by atoms with Gasteiger partial charge in [0.25, 0.3) is 10.2 Å². The summed E-state index contributed by atoms with van der Waals surface area (Å²) in [5, 5.41) is 0. The number of rotatable bonds is 6. The number of hydrogen-bond donors (Lipinski definition) is 1. The normalized spacial score (nSPS) is 18.8. The van der Waals surface area contributed by atoms with Gasteiger partial charge in [-0.25, -0.2) is 4.72 Å². The molecule has 0 spiro atoms. The summed E-state index contributed by atoms with van der Waals surface area (Å²) in [7, 11) is 0.447. The maximum absolute atomic E-state index is 12.3. The molecule has 1 atom stereocenters. The summed E-state index contributed by atoms with van der Waals surface area (Å²) < 4.78 is 33.9. The second-order valence-corrected chi connectivity index (χ2v) is 7.01. The predicted octanol–water partition coefficient (Wildman–Crippen LogP) is 0.456. The summed E-state index contributed by atoms with van der Waals surface area (Å²) in [5.74, 6) is 0. The van der Waals surface area contributed by atoms with Crippen LogP contribution in [0.1, 0.15) is 11.6 Å². The zero-order valence-electron chi connectivity index (χ0n) is 12.5. The third-order valence-corrected chi connectivity index (χ3v) is 5.15. The zero-order valence-corrected chi connectivity index (χ0v) is 13.3. The van der Waals surface area contributed by atoms with Gasteiger partial charge in [0.1, 0.15) is 0 Å². The topological polar surface area (TPSA) is 61.9 Å². The maximum atomic E-state index is 12.3. The molecule has 0 saturated carbocycles. The Morgan fingerprint density at radius 1 is 1.24 bits per heavy atom. The fourth-order valence-electron chi connectivity index (χ4n) is 2.34. The molecule has 1 N–H and O–H groups in total. The Labute approximate surface area is 126 Å². The van der Waals surface area contributed by atoms with Gasteiger partial charge in [-0.15, -0.1) is 0 Å². The Kier molecular flexibility index (Phi) is 5.72. The molecule has 1 unspecified atom stereocenters. The second kappa shape index (κ2) is 7.33. The van der Waals surface area contributed by atoms with Crippen molar-refractivity contribution in [1.82, 2.24) is 13.9 Å². The van der Waals surface area contributed by atoms with E-state index in [2.05, 4.69) is 4.72 Å². The van der Waals surface area contributed by atoms with Gasteiger partial charge < -0.3 is 9.64 Å². The van der Waals surface area contributed by atoms with Gasteiger partial charge >= 0.3 is 0 Å². The first-order chi connectivity index (χ1) is 10.0. The van der Waals surface area contributed by atoms with E-state index >= 15 is 0 Å². The first-order valence-electron chi connectivity index (χ1n) is 7.04. The quantitative estimate of drug-likeness (QED) is 0.829. The Hall–Kier alpha value is -0.990. The number of morpholine rings is 1. The molecular formula is C14H23N3O3S. The van der Waals surface area contributed by atoms with Crippen molar-refractivity contribution < 1.29 is 13.2 Å². The second-order valence-electron chi connectivity index (χ2n) is 5.26. The lowest BCUT2D eigenvalue weighted by Crippen LogP contribution is -2.48. The standard InChI is InChI=1S/C14H23N3O3S/c1-16(2)14(13-6-4-3-5-7-13)12-15-21(18,19)17-8-10-20-11-9-17/h3-7,14-15H,8-12H2,1-2H3. The molecule has 1 aromatic rings. The third-order valence-electron chi connectivity index (χ3n) is 3.58. The Morgan fingerprint density at radius 2 is 1.86 bits per heavy atom. The molecule has 1 aliphatic rings. The molecule has 7 heteroatoms. The van der Waals surface area contributed by atoms with E-state index in [4.69, 9.17) is 4.74 Å². The highest BCUT2D eigenvalue weighted by molar-refractivity contribution is 7.87. The lowest BCUT2D eigenvalue weighted by molar-refractivity contribution is 0.0724. The highest BCUT2D eigenvalue weighted by Crippen LogP contribution is 2.17. The number of nitrogens with zero attached hydrogens (tertiary/aromatic N) is 2. The van der Waals surface area contributed by atoms with Crippen LogP contribution < -0.4 is 4.72 Å². The molecule has 21 heavy (non-hydrogen) atoms. The van der Waals surface area contributed by atoms with Crippen molar-refractivity contribution in [3.8, 4) is 0 Å². The van der Waals surface area contributed by atoms with Gasteiger partial charge in [-0.05, 0) is 19.7 Å². The van der Waals surface area contributed by atoms with Crippen LogP contribution in [0.15, 0.2) is 30.3 Å². The molecule has 118 valence electrons. The van der Waals surface area contributed by atoms with Gasteiger partial charge in [0.05, 0.1) is 13.2 Å². The maximum Gasteiger partial charge on any atom is 0.279 e. The lowest BCUT2D eigenvalue weighted by Gasteiger charge is -2.29. The van der Waals surface area contributed by atoms with Gasteiger partial charge in [0, 0.05) is 25.7 Å². The minimum absolute atomic E-state index is 0.00187. The number of benzene rings is 1. The monoisotopic (exact) mass is 313 g/mol. The van der Waals surface area contributed by atoms with E-state index in [0.717, 1.165) is 5.56 Å². The van der Waals surface area contributed by atoms with Gasteiger partial charge in [-0.1, -0.05) is 30.3 Å². The summed E-state index contributed by atoms with van der Waals surface area (Å²) >= 11 is 0. The van der Waals surface area contributed by atoms with Crippen molar-refractivity contribution >= 4 is 10.2 Å². The molecule has 1 saturated heterocycles. The summed E-state index contributed by atoms with van der Waals surface area (Å²) in [4.78, 5) is 2.01. The van der Waals surface area contributed by atoms with E-state index in [-0.39, 0.29) is 6.04 Å². The molecule has 1 aliphatic heterocycles. The van der Waals surface area contributed by atoms with Crippen molar-refractivity contribution in [3.05, 3.63) is 35.9 Å². The van der Waals surface area contributed by atoms with Crippen LogP contribution in [0.25, 0.3) is 0 Å². The predicted molar refractivity (Wildman–Crippen MR) is 82.2 cm³/mol. The highest BCUT2D eigenvalue weighted by atomic mass is 32.2. The average molecular weight is 313 g/mol. The summed E-state index contributed by atoms with van der Waals surface area (Å²) in [6.45, 7) is 2.07. The molecule has 0 bridgehead atoms. The van der Waals surface area contributed by atoms with Crippen LogP contribution in [0, 0.1) is 0 Å². The Balaban J connectivity index is 2.01. The molecule has 6 nitrogen and oxygen atoms in total. The fourth-order valence-corrected chi connectivity index (χ4v) is 3.52. The number of hydrogen-bond acceptors (Lipinski definition) is 4. The van der Waals surface area contributed by atoms with Crippen molar-refractivity contribution in [2.75, 3.05) is 46.9 Å². The summed E-state index contributed by atoms with van der Waals surface area (Å²) in [5.41, 5.74) is 1.09. The van der Waals surface area contributed by atoms with Crippen LogP contribution in [-0.4, -0.2) is 64.6 Å². The summed E-state index contributed by atoms with van der Waals surface area (Å²) in [6.07, 6.45) is 0. The Bertz CT molecular complexity index is 528. The van der Waals surface area contributed by atoms with Crippen molar-refractivity contribution in [2.24, 2.45) is 0 Å². The summed E-state index contributed by atoms with van der Waals surface area (Å²) in [6, 6.07) is 9.89. The van der Waals surface area contributed by atoms with Crippen LogP contribution in [0.5, 0.6) is 0 Å².